The Morgan fingerprint density at radius 2 is 1.88 bits per heavy atom. The van der Waals surface area contributed by atoms with Crippen LogP contribution < -0.4 is 0 Å². The third-order valence-electron chi connectivity index (χ3n) is 5.17. The second-order valence-electron chi connectivity index (χ2n) is 6.93. The molecular formula is C17H28. The van der Waals surface area contributed by atoms with Gasteiger partial charge in [-0.1, -0.05) is 52.8 Å². The molecule has 0 aromatic heterocycles. The van der Waals surface area contributed by atoms with Crippen LogP contribution in [0.15, 0.2) is 23.8 Å². The highest BCUT2D eigenvalue weighted by molar-refractivity contribution is 5.33. The van der Waals surface area contributed by atoms with Crippen LogP contribution in [-0.4, -0.2) is 0 Å². The first-order valence-electron chi connectivity index (χ1n) is 7.34. The second-order valence-corrected chi connectivity index (χ2v) is 6.93. The molecule has 0 saturated heterocycles. The monoisotopic (exact) mass is 232 g/mol. The van der Waals surface area contributed by atoms with Crippen LogP contribution >= 0.6 is 0 Å². The van der Waals surface area contributed by atoms with Crippen LogP contribution in [0.2, 0.25) is 0 Å². The molecule has 0 aromatic carbocycles. The summed E-state index contributed by atoms with van der Waals surface area (Å²) in [5.41, 5.74) is 2.06. The summed E-state index contributed by atoms with van der Waals surface area (Å²) < 4.78 is 0. The fraction of sp³-hybridized carbons (Fsp3) is 0.765. The van der Waals surface area contributed by atoms with E-state index >= 15 is 0 Å². The predicted molar refractivity (Wildman–Crippen MR) is 75.8 cm³/mol. The van der Waals surface area contributed by atoms with Crippen LogP contribution in [0.25, 0.3) is 0 Å². The van der Waals surface area contributed by atoms with Crippen molar-refractivity contribution in [2.75, 3.05) is 0 Å². The lowest BCUT2D eigenvalue weighted by Gasteiger charge is -2.51. The smallest absolute Gasteiger partial charge is 0.00421 e. The molecule has 0 amide bonds. The summed E-state index contributed by atoms with van der Waals surface area (Å²) in [6, 6.07) is 0. The van der Waals surface area contributed by atoms with Gasteiger partial charge in [0.1, 0.15) is 0 Å². The van der Waals surface area contributed by atoms with Gasteiger partial charge in [-0.2, -0.15) is 0 Å². The summed E-state index contributed by atoms with van der Waals surface area (Å²) in [4.78, 5) is 0. The van der Waals surface area contributed by atoms with E-state index < -0.39 is 0 Å². The first-order chi connectivity index (χ1) is 7.97. The van der Waals surface area contributed by atoms with Crippen LogP contribution in [0.1, 0.15) is 53.9 Å². The van der Waals surface area contributed by atoms with Gasteiger partial charge in [0.2, 0.25) is 0 Å². The van der Waals surface area contributed by atoms with Gasteiger partial charge < -0.3 is 0 Å². The number of hydrogen-bond acceptors (Lipinski definition) is 0. The topological polar surface area (TPSA) is 0 Å². The Labute approximate surface area is 107 Å². The minimum absolute atomic E-state index is 0.441. The Hall–Kier alpha value is -0.520. The molecule has 0 N–H and O–H groups in total. The van der Waals surface area contributed by atoms with E-state index in [0.29, 0.717) is 5.41 Å². The van der Waals surface area contributed by atoms with Crippen LogP contribution in [-0.2, 0) is 0 Å². The van der Waals surface area contributed by atoms with Crippen molar-refractivity contribution in [1.29, 1.82) is 0 Å². The average molecular weight is 232 g/mol. The predicted octanol–water partition coefficient (Wildman–Crippen LogP) is 5.22. The van der Waals surface area contributed by atoms with Crippen molar-refractivity contribution < 1.29 is 0 Å². The largest absolute Gasteiger partial charge is 0.0842 e. The number of hydrogen-bond donors (Lipinski definition) is 0. The highest BCUT2D eigenvalue weighted by Crippen LogP contribution is 2.54. The van der Waals surface area contributed by atoms with E-state index in [0.717, 1.165) is 23.7 Å². The van der Waals surface area contributed by atoms with Gasteiger partial charge in [0.15, 0.2) is 0 Å². The summed E-state index contributed by atoms with van der Waals surface area (Å²) in [5.74, 6) is 3.33. The molecule has 2 aliphatic carbocycles. The third-order valence-corrected chi connectivity index (χ3v) is 5.17. The van der Waals surface area contributed by atoms with Gasteiger partial charge in [-0.3, -0.25) is 0 Å². The molecule has 2 rings (SSSR count). The second kappa shape index (κ2) is 4.63. The molecule has 96 valence electrons. The van der Waals surface area contributed by atoms with Crippen molar-refractivity contribution in [3.63, 3.8) is 0 Å². The molecular weight excluding hydrogens is 204 g/mol. The van der Waals surface area contributed by atoms with Crippen LogP contribution in [0.5, 0.6) is 0 Å². The molecule has 2 aliphatic rings. The average Bonchev–Trinajstić information content (AvgIpc) is 2.25. The first kappa shape index (κ1) is 12.9. The zero-order valence-corrected chi connectivity index (χ0v) is 12.2. The van der Waals surface area contributed by atoms with E-state index in [9.17, 15) is 0 Å². The molecule has 2 unspecified atom stereocenters. The number of allylic oxidation sites excluding steroid dienone is 4. The van der Waals surface area contributed by atoms with Crippen molar-refractivity contribution in [2.45, 2.75) is 53.9 Å². The maximum atomic E-state index is 2.53. The molecule has 3 atom stereocenters. The zero-order chi connectivity index (χ0) is 12.6. The first-order valence-corrected chi connectivity index (χ1v) is 7.34. The molecule has 0 saturated carbocycles. The summed E-state index contributed by atoms with van der Waals surface area (Å²) in [7, 11) is 0. The van der Waals surface area contributed by atoms with E-state index in [1.807, 2.05) is 0 Å². The molecule has 0 heterocycles. The lowest BCUT2D eigenvalue weighted by atomic mass is 9.54. The van der Waals surface area contributed by atoms with Crippen LogP contribution in [0, 0.1) is 29.1 Å². The SMILES string of the molecule is CC(C)C1CC=C2C=CCC[C@]2(C)C1C(C)C. The number of rotatable bonds is 2. The molecule has 17 heavy (non-hydrogen) atoms. The van der Waals surface area contributed by atoms with Gasteiger partial charge in [0.05, 0.1) is 0 Å². The summed E-state index contributed by atoms with van der Waals surface area (Å²) in [6.07, 6.45) is 11.2. The zero-order valence-electron chi connectivity index (χ0n) is 12.2. The van der Waals surface area contributed by atoms with Gasteiger partial charge in [-0.15, -0.1) is 0 Å². The molecule has 0 aromatic rings. The number of fused-ring (bicyclic) bond motifs is 1. The Morgan fingerprint density at radius 3 is 2.47 bits per heavy atom. The van der Waals surface area contributed by atoms with Crippen molar-refractivity contribution in [1.82, 2.24) is 0 Å². The van der Waals surface area contributed by atoms with E-state index in [2.05, 4.69) is 52.8 Å². The fourth-order valence-electron chi connectivity index (χ4n) is 4.39. The summed E-state index contributed by atoms with van der Waals surface area (Å²) in [6.45, 7) is 12.2. The van der Waals surface area contributed by atoms with Gasteiger partial charge in [0.25, 0.3) is 0 Å². The van der Waals surface area contributed by atoms with E-state index in [-0.39, 0.29) is 0 Å². The highest BCUT2D eigenvalue weighted by Gasteiger charge is 2.45. The Kier molecular flexibility index (Phi) is 3.52. The van der Waals surface area contributed by atoms with Crippen molar-refractivity contribution in [3.05, 3.63) is 23.8 Å². The van der Waals surface area contributed by atoms with Crippen molar-refractivity contribution in [3.8, 4) is 0 Å². The molecule has 0 spiro atoms. The Morgan fingerprint density at radius 1 is 1.18 bits per heavy atom. The van der Waals surface area contributed by atoms with Gasteiger partial charge in [-0.05, 0) is 53.9 Å². The third kappa shape index (κ3) is 2.11. The normalized spacial score (nSPS) is 37.2. The molecule has 0 bridgehead atoms. The standard InChI is InChI=1S/C17H28/c1-12(2)15-10-9-14-8-6-7-11-17(14,5)16(15)13(3)4/h6,8-9,12-13,15-16H,7,10-11H2,1-5H3/t15?,16?,17-/m0/s1. The van der Waals surface area contributed by atoms with Gasteiger partial charge in [-0.25, -0.2) is 0 Å². The van der Waals surface area contributed by atoms with Gasteiger partial charge in [0, 0.05) is 0 Å². The quantitative estimate of drug-likeness (QED) is 0.612. The molecule has 0 radical (unpaired) electrons. The summed E-state index contributed by atoms with van der Waals surface area (Å²) >= 11 is 0. The summed E-state index contributed by atoms with van der Waals surface area (Å²) in [5, 5.41) is 0. The minimum Gasteiger partial charge on any atom is -0.0842 e. The molecule has 0 aliphatic heterocycles. The van der Waals surface area contributed by atoms with E-state index in [1.165, 1.54) is 19.3 Å². The molecule has 0 nitrogen and oxygen atoms in total. The van der Waals surface area contributed by atoms with Crippen molar-refractivity contribution in [2.24, 2.45) is 29.1 Å². The maximum Gasteiger partial charge on any atom is -0.00421 e. The highest BCUT2D eigenvalue weighted by atomic mass is 14.5. The van der Waals surface area contributed by atoms with Crippen LogP contribution in [0.3, 0.4) is 0 Å². The Balaban J connectivity index is 2.41. The molecule has 0 heteroatoms. The molecule has 0 fully saturated rings. The van der Waals surface area contributed by atoms with Crippen LogP contribution in [0.4, 0.5) is 0 Å². The Bertz CT molecular complexity index is 332. The van der Waals surface area contributed by atoms with Gasteiger partial charge >= 0.3 is 0 Å². The lowest BCUT2D eigenvalue weighted by Crippen LogP contribution is -2.43. The lowest BCUT2D eigenvalue weighted by molar-refractivity contribution is 0.0594. The minimum atomic E-state index is 0.441. The maximum absolute atomic E-state index is 2.53. The van der Waals surface area contributed by atoms with E-state index in [4.69, 9.17) is 0 Å². The van der Waals surface area contributed by atoms with Crippen molar-refractivity contribution >= 4 is 0 Å². The fourth-order valence-corrected chi connectivity index (χ4v) is 4.39. The van der Waals surface area contributed by atoms with E-state index in [1.54, 1.807) is 5.57 Å².